The van der Waals surface area contributed by atoms with Crippen LogP contribution >= 0.6 is 23.1 Å². The summed E-state index contributed by atoms with van der Waals surface area (Å²) in [6, 6.07) is 9.43. The summed E-state index contributed by atoms with van der Waals surface area (Å²) >= 11 is 2.55. The molecule has 8 nitrogen and oxygen atoms in total. The molecule has 3 rings (SSSR count). The van der Waals surface area contributed by atoms with Crippen LogP contribution in [-0.2, 0) is 16.1 Å². The van der Waals surface area contributed by atoms with Crippen molar-refractivity contribution in [3.05, 3.63) is 52.7 Å². The van der Waals surface area contributed by atoms with Crippen molar-refractivity contribution in [2.75, 3.05) is 18.2 Å². The first-order valence-electron chi connectivity index (χ1n) is 9.68. The van der Waals surface area contributed by atoms with Crippen LogP contribution in [0.15, 0.2) is 40.9 Å². The number of ether oxygens (including phenoxy) is 2. The fourth-order valence-electron chi connectivity index (χ4n) is 2.91. The molecule has 0 saturated heterocycles. The van der Waals surface area contributed by atoms with Crippen molar-refractivity contribution >= 4 is 40.0 Å². The molecule has 1 aromatic carbocycles. The fourth-order valence-corrected chi connectivity index (χ4v) is 4.51. The number of esters is 1. The van der Waals surface area contributed by atoms with Gasteiger partial charge in [-0.3, -0.25) is 4.79 Å². The number of aryl methyl sites for hydroxylation is 1. The number of aromatic nitrogens is 3. The zero-order chi connectivity index (χ0) is 22.4. The Morgan fingerprint density at radius 3 is 2.74 bits per heavy atom. The largest absolute Gasteiger partial charge is 0.482 e. The van der Waals surface area contributed by atoms with Crippen LogP contribution in [0.3, 0.4) is 0 Å². The average molecular weight is 461 g/mol. The molecule has 3 aromatic rings. The molecule has 1 atom stereocenters. The Labute approximate surface area is 189 Å². The van der Waals surface area contributed by atoms with Crippen molar-refractivity contribution in [3.8, 4) is 5.75 Å². The minimum absolute atomic E-state index is 0.129. The lowest BCUT2D eigenvalue weighted by molar-refractivity contribution is -0.113. The number of anilines is 1. The van der Waals surface area contributed by atoms with Crippen LogP contribution in [0.25, 0.3) is 0 Å². The lowest BCUT2D eigenvalue weighted by atomic mass is 10.2. The zero-order valence-corrected chi connectivity index (χ0v) is 19.4. The molecule has 0 radical (unpaired) electrons. The minimum atomic E-state index is -0.484. The molecular formula is C21H24N4O4S2. The summed E-state index contributed by atoms with van der Waals surface area (Å²) in [5, 5.41) is 14.1. The van der Waals surface area contributed by atoms with E-state index >= 15 is 0 Å². The summed E-state index contributed by atoms with van der Waals surface area (Å²) in [6.07, 6.45) is -0.301. The summed E-state index contributed by atoms with van der Waals surface area (Å²) in [7, 11) is 1.31. The highest BCUT2D eigenvalue weighted by molar-refractivity contribution is 7.99. The van der Waals surface area contributed by atoms with Gasteiger partial charge in [0.2, 0.25) is 5.91 Å². The standard InChI is InChI=1S/C21H24N4O4S2/c1-5-25-18(14(3)29-16-9-7-6-8-13(16)2)23-24-21(25)31-12-17(26)22-19-15(10-11-30-19)20(27)28-4/h6-11,14H,5,12H2,1-4H3,(H,22,26). The third-order valence-electron chi connectivity index (χ3n) is 4.48. The van der Waals surface area contributed by atoms with E-state index in [9.17, 15) is 9.59 Å². The Balaban J connectivity index is 1.64. The molecule has 31 heavy (non-hydrogen) atoms. The van der Waals surface area contributed by atoms with E-state index in [4.69, 9.17) is 9.47 Å². The van der Waals surface area contributed by atoms with Crippen molar-refractivity contribution in [3.63, 3.8) is 0 Å². The highest BCUT2D eigenvalue weighted by Gasteiger charge is 2.21. The van der Waals surface area contributed by atoms with Crippen LogP contribution in [0.4, 0.5) is 5.00 Å². The van der Waals surface area contributed by atoms with Gasteiger partial charge in [0.1, 0.15) is 10.8 Å². The smallest absolute Gasteiger partial charge is 0.340 e. The van der Waals surface area contributed by atoms with Gasteiger partial charge in [-0.2, -0.15) is 0 Å². The van der Waals surface area contributed by atoms with E-state index in [2.05, 4.69) is 15.5 Å². The number of amides is 1. The number of thioether (sulfide) groups is 1. The lowest BCUT2D eigenvalue weighted by Gasteiger charge is -2.17. The van der Waals surface area contributed by atoms with Crippen LogP contribution in [-0.4, -0.2) is 39.5 Å². The van der Waals surface area contributed by atoms with E-state index in [0.717, 1.165) is 11.3 Å². The number of carbonyl (C=O) groups is 2. The topological polar surface area (TPSA) is 95.3 Å². The first kappa shape index (κ1) is 22.8. The molecule has 0 bridgehead atoms. The summed E-state index contributed by atoms with van der Waals surface area (Å²) in [5.74, 6) is 0.895. The number of carbonyl (C=O) groups excluding carboxylic acids is 2. The highest BCUT2D eigenvalue weighted by atomic mass is 32.2. The SMILES string of the molecule is CCn1c(SCC(=O)Nc2sccc2C(=O)OC)nnc1C(C)Oc1ccccc1C. The number of hydrogen-bond acceptors (Lipinski definition) is 8. The Morgan fingerprint density at radius 1 is 1.26 bits per heavy atom. The molecule has 0 aliphatic carbocycles. The van der Waals surface area contributed by atoms with E-state index in [1.807, 2.05) is 49.6 Å². The van der Waals surface area contributed by atoms with Crippen LogP contribution in [0.5, 0.6) is 5.75 Å². The van der Waals surface area contributed by atoms with Crippen molar-refractivity contribution in [1.82, 2.24) is 14.8 Å². The molecule has 164 valence electrons. The Bertz CT molecular complexity index is 1060. The Morgan fingerprint density at radius 2 is 2.03 bits per heavy atom. The fraction of sp³-hybridized carbons (Fsp3) is 0.333. The van der Waals surface area contributed by atoms with Crippen LogP contribution in [0, 0.1) is 6.92 Å². The summed E-state index contributed by atoms with van der Waals surface area (Å²) in [4.78, 5) is 24.2. The lowest BCUT2D eigenvalue weighted by Crippen LogP contribution is -2.16. The van der Waals surface area contributed by atoms with Gasteiger partial charge in [0.15, 0.2) is 17.1 Å². The molecule has 0 fully saturated rings. The van der Waals surface area contributed by atoms with Crippen LogP contribution < -0.4 is 10.1 Å². The van der Waals surface area contributed by atoms with E-state index in [1.165, 1.54) is 30.2 Å². The number of para-hydroxylation sites is 1. The van der Waals surface area contributed by atoms with Gasteiger partial charge in [-0.1, -0.05) is 30.0 Å². The maximum absolute atomic E-state index is 12.4. The van der Waals surface area contributed by atoms with Crippen molar-refractivity contribution in [2.45, 2.75) is 38.6 Å². The predicted octanol–water partition coefficient (Wildman–Crippen LogP) is 4.33. The zero-order valence-electron chi connectivity index (χ0n) is 17.7. The number of benzene rings is 1. The number of hydrogen-bond donors (Lipinski definition) is 1. The monoisotopic (exact) mass is 460 g/mol. The number of methoxy groups -OCH3 is 1. The minimum Gasteiger partial charge on any atom is -0.482 e. The molecule has 10 heteroatoms. The van der Waals surface area contributed by atoms with E-state index < -0.39 is 5.97 Å². The van der Waals surface area contributed by atoms with Crippen molar-refractivity contribution in [2.24, 2.45) is 0 Å². The second-order valence-electron chi connectivity index (χ2n) is 6.60. The molecule has 0 aliphatic rings. The number of thiophene rings is 1. The van der Waals surface area contributed by atoms with Crippen LogP contribution in [0.2, 0.25) is 0 Å². The molecule has 0 saturated carbocycles. The van der Waals surface area contributed by atoms with Gasteiger partial charge < -0.3 is 19.4 Å². The van der Waals surface area contributed by atoms with Gasteiger partial charge in [-0.05, 0) is 43.8 Å². The first-order valence-corrected chi connectivity index (χ1v) is 11.5. The summed E-state index contributed by atoms with van der Waals surface area (Å²) in [6.45, 7) is 6.55. The van der Waals surface area contributed by atoms with Crippen molar-refractivity contribution < 1.29 is 19.1 Å². The van der Waals surface area contributed by atoms with Gasteiger partial charge in [-0.15, -0.1) is 21.5 Å². The Hall–Kier alpha value is -2.85. The van der Waals surface area contributed by atoms with Gasteiger partial charge >= 0.3 is 5.97 Å². The third-order valence-corrected chi connectivity index (χ3v) is 6.28. The number of nitrogens with one attached hydrogen (secondary N) is 1. The number of nitrogens with zero attached hydrogens (tertiary/aromatic N) is 3. The molecule has 2 heterocycles. The van der Waals surface area contributed by atoms with Crippen molar-refractivity contribution in [1.29, 1.82) is 0 Å². The highest BCUT2D eigenvalue weighted by Crippen LogP contribution is 2.27. The summed E-state index contributed by atoms with van der Waals surface area (Å²) < 4.78 is 12.7. The molecule has 1 amide bonds. The average Bonchev–Trinajstić information content (AvgIpc) is 3.39. The third kappa shape index (κ3) is 5.45. The molecule has 0 spiro atoms. The molecule has 0 aliphatic heterocycles. The Kier molecular flexibility index (Phi) is 7.69. The quantitative estimate of drug-likeness (QED) is 0.375. The first-order chi connectivity index (χ1) is 14.9. The molecule has 2 aromatic heterocycles. The molecule has 1 unspecified atom stereocenters. The van der Waals surface area contributed by atoms with E-state index in [1.54, 1.807) is 11.4 Å². The van der Waals surface area contributed by atoms with E-state index in [0.29, 0.717) is 28.1 Å². The molecular weight excluding hydrogens is 436 g/mol. The maximum Gasteiger partial charge on any atom is 0.340 e. The normalized spacial score (nSPS) is 11.7. The van der Waals surface area contributed by atoms with Gasteiger partial charge in [-0.25, -0.2) is 4.79 Å². The maximum atomic E-state index is 12.4. The van der Waals surface area contributed by atoms with Gasteiger partial charge in [0.05, 0.1) is 18.4 Å². The van der Waals surface area contributed by atoms with Gasteiger partial charge in [0.25, 0.3) is 0 Å². The number of rotatable bonds is 9. The molecule has 1 N–H and O–H groups in total. The second-order valence-corrected chi connectivity index (χ2v) is 8.46. The predicted molar refractivity (Wildman–Crippen MR) is 121 cm³/mol. The summed E-state index contributed by atoms with van der Waals surface area (Å²) in [5.41, 5.74) is 1.38. The van der Waals surface area contributed by atoms with Gasteiger partial charge in [0, 0.05) is 6.54 Å². The van der Waals surface area contributed by atoms with Crippen LogP contribution in [0.1, 0.15) is 41.7 Å². The second kappa shape index (κ2) is 10.5. The van der Waals surface area contributed by atoms with E-state index in [-0.39, 0.29) is 17.8 Å².